The Labute approximate surface area is 66.7 Å². The molecule has 0 fully saturated rings. The number of primary amides is 2. The van der Waals surface area contributed by atoms with Crippen LogP contribution in [0.3, 0.4) is 0 Å². The number of carbonyl (C=O) groups excluding carboxylic acids is 2. The molecule has 12 heavy (non-hydrogen) atoms. The zero-order valence-corrected chi connectivity index (χ0v) is 6.02. The van der Waals surface area contributed by atoms with Crippen LogP contribution in [0.1, 0.15) is 0 Å². The normalized spacial score (nSPS) is 9.67. The molecule has 0 atom stereocenters. The van der Waals surface area contributed by atoms with Crippen LogP contribution in [0.4, 0.5) is 9.59 Å². The molecule has 0 aromatic carbocycles. The maximum Gasteiger partial charge on any atom is 0.340 e. The summed E-state index contributed by atoms with van der Waals surface area (Å²) < 4.78 is 1.41. The minimum absolute atomic E-state index is 0.193. The minimum Gasteiger partial charge on any atom is -0.350 e. The largest absolute Gasteiger partial charge is 0.350 e. The number of nitrogens with two attached hydrogens (primary N) is 2. The van der Waals surface area contributed by atoms with Gasteiger partial charge in [0.15, 0.2) is 5.49 Å². The van der Waals surface area contributed by atoms with Crippen LogP contribution < -0.4 is 17.0 Å². The van der Waals surface area contributed by atoms with Crippen molar-refractivity contribution in [2.24, 2.45) is 11.5 Å². The van der Waals surface area contributed by atoms with E-state index in [9.17, 15) is 9.59 Å². The lowest BCUT2D eigenvalue weighted by Gasteiger charge is -2.02. The van der Waals surface area contributed by atoms with E-state index in [4.69, 9.17) is 16.9 Å². The molecule has 1 heterocycles. The summed E-state index contributed by atoms with van der Waals surface area (Å²) in [6, 6.07) is -0.564. The number of rotatable bonds is 0. The predicted octanol–water partition coefficient (Wildman–Crippen LogP) is -1.38. The van der Waals surface area contributed by atoms with Gasteiger partial charge in [-0.05, 0) is 0 Å². The number of aromatic nitrogens is 2. The van der Waals surface area contributed by atoms with Gasteiger partial charge in [-0.1, -0.05) is 0 Å². The molecule has 1 rings (SSSR count). The van der Waals surface area contributed by atoms with Crippen LogP contribution in [-0.2, 0) is 0 Å². The van der Waals surface area contributed by atoms with Crippen molar-refractivity contribution in [3.63, 3.8) is 0 Å². The van der Waals surface area contributed by atoms with Gasteiger partial charge in [-0.2, -0.15) is 4.68 Å². The topological polar surface area (TPSA) is 120 Å². The Morgan fingerprint density at radius 2 is 1.92 bits per heavy atom. The molecule has 1 aromatic heterocycles. The lowest BCUT2D eigenvalue weighted by Crippen LogP contribution is -2.38. The summed E-state index contributed by atoms with van der Waals surface area (Å²) in [7, 11) is 0. The van der Waals surface area contributed by atoms with Crippen molar-refractivity contribution in [2.75, 3.05) is 0 Å². The number of nitrogens with zero attached hydrogens (tertiary/aromatic N) is 2. The SMILES string of the molecule is N=c1ccn(C(N)=O)n1C(N)=O. The quantitative estimate of drug-likeness (QED) is 0.443. The molecule has 1 aromatic rings. The average molecular weight is 169 g/mol. The van der Waals surface area contributed by atoms with Gasteiger partial charge < -0.3 is 11.5 Å². The van der Waals surface area contributed by atoms with E-state index >= 15 is 0 Å². The Morgan fingerprint density at radius 3 is 2.25 bits per heavy atom. The van der Waals surface area contributed by atoms with Crippen molar-refractivity contribution in [2.45, 2.75) is 0 Å². The zero-order valence-electron chi connectivity index (χ0n) is 6.02. The summed E-state index contributed by atoms with van der Waals surface area (Å²) in [5.74, 6) is 0. The molecule has 0 aliphatic heterocycles. The third kappa shape index (κ3) is 1.07. The third-order valence-corrected chi connectivity index (χ3v) is 1.25. The van der Waals surface area contributed by atoms with Crippen LogP contribution >= 0.6 is 0 Å². The Balaban J connectivity index is 3.41. The summed E-state index contributed by atoms with van der Waals surface area (Å²) in [4.78, 5) is 21.3. The van der Waals surface area contributed by atoms with Crippen molar-refractivity contribution in [1.29, 1.82) is 5.41 Å². The van der Waals surface area contributed by atoms with Gasteiger partial charge in [0.1, 0.15) is 0 Å². The summed E-state index contributed by atoms with van der Waals surface area (Å²) in [6.45, 7) is 0. The predicted molar refractivity (Wildman–Crippen MR) is 38.2 cm³/mol. The minimum atomic E-state index is -0.927. The first-order valence-electron chi connectivity index (χ1n) is 2.99. The first kappa shape index (κ1) is 8.05. The fourth-order valence-corrected chi connectivity index (χ4v) is 0.791. The van der Waals surface area contributed by atoms with Gasteiger partial charge in [0, 0.05) is 12.3 Å². The van der Waals surface area contributed by atoms with Crippen molar-refractivity contribution in [1.82, 2.24) is 9.36 Å². The first-order valence-corrected chi connectivity index (χ1v) is 2.99. The van der Waals surface area contributed by atoms with Gasteiger partial charge in [-0.15, -0.1) is 0 Å². The first-order chi connectivity index (χ1) is 5.54. The highest BCUT2D eigenvalue weighted by Gasteiger charge is 2.08. The highest BCUT2D eigenvalue weighted by molar-refractivity contribution is 5.80. The Hall–Kier alpha value is -2.05. The van der Waals surface area contributed by atoms with Crippen LogP contribution in [0.2, 0.25) is 0 Å². The van der Waals surface area contributed by atoms with Crippen molar-refractivity contribution in [3.8, 4) is 0 Å². The zero-order chi connectivity index (χ0) is 9.30. The second kappa shape index (κ2) is 2.53. The number of hydrogen-bond acceptors (Lipinski definition) is 3. The summed E-state index contributed by atoms with van der Waals surface area (Å²) in [5, 5.41) is 7.15. The van der Waals surface area contributed by atoms with E-state index in [2.05, 4.69) is 0 Å². The van der Waals surface area contributed by atoms with Crippen molar-refractivity contribution < 1.29 is 9.59 Å². The third-order valence-electron chi connectivity index (χ3n) is 1.25. The molecule has 0 bridgehead atoms. The van der Waals surface area contributed by atoms with E-state index in [1.807, 2.05) is 0 Å². The molecule has 0 radical (unpaired) electrons. The molecule has 0 aliphatic carbocycles. The summed E-state index contributed by atoms with van der Waals surface area (Å²) >= 11 is 0. The van der Waals surface area contributed by atoms with Crippen LogP contribution in [0, 0.1) is 5.41 Å². The van der Waals surface area contributed by atoms with Crippen molar-refractivity contribution in [3.05, 3.63) is 17.8 Å². The molecule has 5 N–H and O–H groups in total. The van der Waals surface area contributed by atoms with Gasteiger partial charge in [-0.25, -0.2) is 14.3 Å². The van der Waals surface area contributed by atoms with Crippen LogP contribution in [0.15, 0.2) is 12.3 Å². The van der Waals surface area contributed by atoms with Gasteiger partial charge in [0.05, 0.1) is 0 Å². The number of hydrogen-bond donors (Lipinski definition) is 3. The highest BCUT2D eigenvalue weighted by Crippen LogP contribution is 1.82. The van der Waals surface area contributed by atoms with E-state index < -0.39 is 12.1 Å². The van der Waals surface area contributed by atoms with E-state index in [0.717, 1.165) is 4.68 Å². The van der Waals surface area contributed by atoms with E-state index in [1.165, 1.54) is 12.3 Å². The van der Waals surface area contributed by atoms with E-state index in [1.54, 1.807) is 0 Å². The number of carbonyl (C=O) groups is 2. The molecule has 0 aliphatic rings. The molecular weight excluding hydrogens is 162 g/mol. The maximum absolute atomic E-state index is 10.6. The average Bonchev–Trinajstić information content (AvgIpc) is 2.30. The van der Waals surface area contributed by atoms with Gasteiger partial charge in [-0.3, -0.25) is 5.41 Å². The van der Waals surface area contributed by atoms with Gasteiger partial charge in [0.2, 0.25) is 0 Å². The molecule has 0 unspecified atom stereocenters. The monoisotopic (exact) mass is 169 g/mol. The van der Waals surface area contributed by atoms with Crippen LogP contribution in [0.25, 0.3) is 0 Å². The van der Waals surface area contributed by atoms with Crippen LogP contribution in [-0.4, -0.2) is 21.4 Å². The lowest BCUT2D eigenvalue weighted by atomic mass is 10.7. The fraction of sp³-hybridized carbons (Fsp3) is 0. The molecule has 0 saturated carbocycles. The summed E-state index contributed by atoms with van der Waals surface area (Å²) in [6.07, 6.45) is 1.19. The van der Waals surface area contributed by atoms with Gasteiger partial charge >= 0.3 is 12.1 Å². The molecule has 0 saturated heterocycles. The van der Waals surface area contributed by atoms with Gasteiger partial charge in [0.25, 0.3) is 0 Å². The second-order valence-electron chi connectivity index (χ2n) is 2.03. The van der Waals surface area contributed by atoms with Crippen molar-refractivity contribution >= 4 is 12.1 Å². The lowest BCUT2D eigenvalue weighted by molar-refractivity contribution is 0.232. The Bertz CT molecular complexity index is 387. The Kier molecular flexibility index (Phi) is 1.70. The Morgan fingerprint density at radius 1 is 1.33 bits per heavy atom. The molecule has 7 nitrogen and oxygen atoms in total. The molecule has 64 valence electrons. The number of nitrogens with one attached hydrogen (secondary N) is 1. The fourth-order valence-electron chi connectivity index (χ4n) is 0.791. The van der Waals surface area contributed by atoms with Crippen LogP contribution in [0.5, 0.6) is 0 Å². The molecular formula is C5H7N5O2. The van der Waals surface area contributed by atoms with E-state index in [0.29, 0.717) is 4.68 Å². The standard InChI is InChI=1S/C5H7N5O2/c6-3-1-2-9(4(7)11)10(3)5(8)12/h1-2,6H,(H2,7,11)(H2,8,12). The second-order valence-corrected chi connectivity index (χ2v) is 2.03. The molecule has 0 spiro atoms. The smallest absolute Gasteiger partial charge is 0.340 e. The highest BCUT2D eigenvalue weighted by atomic mass is 16.2. The number of amides is 2. The molecule has 2 amide bonds. The van der Waals surface area contributed by atoms with E-state index in [-0.39, 0.29) is 5.49 Å². The maximum atomic E-state index is 10.6. The molecule has 7 heteroatoms. The summed E-state index contributed by atoms with van der Waals surface area (Å²) in [5.41, 5.74) is 9.56.